The highest BCUT2D eigenvalue weighted by Gasteiger charge is 2.30. The standard InChI is InChI=1S/C26H34F3N7O/c1-5-7-17(8-6-2)36-23-9-10-35(26(37)30-3)15-20(23)25(33-36)32-22-12-19(24(28)29)18(11-21(22)27)16-13-31-34(4)14-16/h11-14,17,24H,5-10,15H2,1-4H3,(H,30,37)(H,32,33). The number of halogens is 3. The van der Waals surface area contributed by atoms with Crippen molar-refractivity contribution in [2.75, 3.05) is 18.9 Å². The number of nitrogens with zero attached hydrogens (tertiary/aromatic N) is 5. The molecule has 3 heterocycles. The van der Waals surface area contributed by atoms with E-state index in [2.05, 4.69) is 29.6 Å². The number of nitrogens with one attached hydrogen (secondary N) is 2. The Morgan fingerprint density at radius 2 is 1.92 bits per heavy atom. The number of rotatable bonds is 9. The molecule has 200 valence electrons. The summed E-state index contributed by atoms with van der Waals surface area (Å²) >= 11 is 0. The maximum Gasteiger partial charge on any atom is 0.317 e. The molecule has 0 radical (unpaired) electrons. The average Bonchev–Trinajstić information content (AvgIpc) is 3.47. The molecule has 0 spiro atoms. The van der Waals surface area contributed by atoms with Gasteiger partial charge in [0.1, 0.15) is 5.82 Å². The van der Waals surface area contributed by atoms with Crippen LogP contribution in [0.2, 0.25) is 0 Å². The summed E-state index contributed by atoms with van der Waals surface area (Å²) in [6, 6.07) is 2.20. The summed E-state index contributed by atoms with van der Waals surface area (Å²) in [4.78, 5) is 14.0. The predicted octanol–water partition coefficient (Wildman–Crippen LogP) is 5.94. The molecule has 1 aliphatic rings. The van der Waals surface area contributed by atoms with E-state index in [4.69, 9.17) is 5.10 Å². The van der Waals surface area contributed by atoms with Crippen LogP contribution < -0.4 is 10.6 Å². The average molecular weight is 518 g/mol. The molecule has 4 rings (SSSR count). The largest absolute Gasteiger partial charge is 0.341 e. The number of hydrogen-bond acceptors (Lipinski definition) is 4. The van der Waals surface area contributed by atoms with Crippen molar-refractivity contribution >= 4 is 17.5 Å². The molecule has 0 unspecified atom stereocenters. The molecule has 2 N–H and O–H groups in total. The van der Waals surface area contributed by atoms with Crippen LogP contribution in [0, 0.1) is 5.82 Å². The smallest absolute Gasteiger partial charge is 0.317 e. The Bertz CT molecular complexity index is 1250. The maximum atomic E-state index is 15.3. The van der Waals surface area contributed by atoms with E-state index in [-0.39, 0.29) is 28.9 Å². The van der Waals surface area contributed by atoms with Crippen LogP contribution in [-0.4, -0.2) is 44.1 Å². The summed E-state index contributed by atoms with van der Waals surface area (Å²) < 4.78 is 46.9. The summed E-state index contributed by atoms with van der Waals surface area (Å²) in [5.74, 6) is -0.293. The molecule has 1 aliphatic heterocycles. The molecule has 0 aliphatic carbocycles. The van der Waals surface area contributed by atoms with E-state index in [1.165, 1.54) is 10.9 Å². The minimum atomic E-state index is -2.81. The minimum Gasteiger partial charge on any atom is -0.341 e. The van der Waals surface area contributed by atoms with Gasteiger partial charge in [0, 0.05) is 55.6 Å². The number of hydrogen-bond donors (Lipinski definition) is 2. The number of alkyl halides is 2. The molecule has 8 nitrogen and oxygen atoms in total. The fourth-order valence-electron chi connectivity index (χ4n) is 5.04. The van der Waals surface area contributed by atoms with Crippen LogP contribution >= 0.6 is 0 Å². The van der Waals surface area contributed by atoms with Crippen LogP contribution in [0.15, 0.2) is 24.5 Å². The van der Waals surface area contributed by atoms with Crippen molar-refractivity contribution in [1.82, 2.24) is 29.8 Å². The second-order valence-corrected chi connectivity index (χ2v) is 9.42. The van der Waals surface area contributed by atoms with E-state index in [9.17, 15) is 13.6 Å². The van der Waals surface area contributed by atoms with Gasteiger partial charge in [0.05, 0.1) is 24.5 Å². The third-order valence-corrected chi connectivity index (χ3v) is 6.82. The van der Waals surface area contributed by atoms with Crippen LogP contribution in [0.25, 0.3) is 11.1 Å². The Hall–Kier alpha value is -3.50. The van der Waals surface area contributed by atoms with Crippen LogP contribution in [0.3, 0.4) is 0 Å². The number of carbonyl (C=O) groups is 1. The summed E-state index contributed by atoms with van der Waals surface area (Å²) in [6.45, 7) is 5.07. The Balaban J connectivity index is 1.77. The van der Waals surface area contributed by atoms with Gasteiger partial charge in [-0.05, 0) is 30.5 Å². The zero-order valence-corrected chi connectivity index (χ0v) is 21.7. The first-order chi connectivity index (χ1) is 17.8. The van der Waals surface area contributed by atoms with Crippen LogP contribution in [-0.2, 0) is 20.0 Å². The lowest BCUT2D eigenvalue weighted by atomic mass is 10.0. The number of aryl methyl sites for hydroxylation is 1. The fourth-order valence-corrected chi connectivity index (χ4v) is 5.04. The first-order valence-electron chi connectivity index (χ1n) is 12.7. The molecule has 0 atom stereocenters. The van der Waals surface area contributed by atoms with Gasteiger partial charge in [-0.15, -0.1) is 0 Å². The van der Waals surface area contributed by atoms with Crippen molar-refractivity contribution in [2.45, 2.75) is 65.0 Å². The van der Waals surface area contributed by atoms with Gasteiger partial charge < -0.3 is 15.5 Å². The van der Waals surface area contributed by atoms with Crippen molar-refractivity contribution in [3.63, 3.8) is 0 Å². The van der Waals surface area contributed by atoms with E-state index >= 15 is 4.39 Å². The highest BCUT2D eigenvalue weighted by atomic mass is 19.3. The van der Waals surface area contributed by atoms with Crippen LogP contribution in [0.1, 0.15) is 68.8 Å². The maximum absolute atomic E-state index is 15.3. The summed E-state index contributed by atoms with van der Waals surface area (Å²) in [6.07, 6.45) is 4.62. The van der Waals surface area contributed by atoms with Gasteiger partial charge in [0.2, 0.25) is 0 Å². The minimum absolute atomic E-state index is 0.0880. The topological polar surface area (TPSA) is 80.0 Å². The second kappa shape index (κ2) is 11.3. The summed E-state index contributed by atoms with van der Waals surface area (Å²) in [5, 5.41) is 14.5. The number of aromatic nitrogens is 4. The second-order valence-electron chi connectivity index (χ2n) is 9.42. The fraction of sp³-hybridized carbons (Fsp3) is 0.500. The van der Waals surface area contributed by atoms with Crippen molar-refractivity contribution in [3.05, 3.63) is 47.2 Å². The number of anilines is 2. The molecular formula is C26H34F3N7O. The van der Waals surface area contributed by atoms with E-state index < -0.39 is 12.2 Å². The van der Waals surface area contributed by atoms with Gasteiger partial charge in [-0.2, -0.15) is 10.2 Å². The molecule has 2 amide bonds. The van der Waals surface area contributed by atoms with E-state index in [0.717, 1.165) is 49.1 Å². The Labute approximate surface area is 214 Å². The third kappa shape index (κ3) is 5.45. The van der Waals surface area contributed by atoms with Crippen molar-refractivity contribution < 1.29 is 18.0 Å². The normalized spacial score (nSPS) is 13.4. The first-order valence-corrected chi connectivity index (χ1v) is 12.7. The van der Waals surface area contributed by atoms with Gasteiger partial charge in [0.25, 0.3) is 6.43 Å². The molecule has 0 saturated carbocycles. The van der Waals surface area contributed by atoms with Gasteiger partial charge in [0.15, 0.2) is 5.82 Å². The number of fused-ring (bicyclic) bond motifs is 1. The van der Waals surface area contributed by atoms with Crippen molar-refractivity contribution in [2.24, 2.45) is 7.05 Å². The molecule has 0 fully saturated rings. The molecule has 3 aromatic rings. The third-order valence-electron chi connectivity index (χ3n) is 6.82. The van der Waals surface area contributed by atoms with Crippen LogP contribution in [0.5, 0.6) is 0 Å². The molecule has 1 aromatic carbocycles. The molecular weight excluding hydrogens is 483 g/mol. The first kappa shape index (κ1) is 26.6. The predicted molar refractivity (Wildman–Crippen MR) is 136 cm³/mol. The lowest BCUT2D eigenvalue weighted by Gasteiger charge is -2.28. The van der Waals surface area contributed by atoms with E-state index in [1.807, 2.05) is 4.68 Å². The molecule has 0 bridgehead atoms. The number of amides is 2. The highest BCUT2D eigenvalue weighted by molar-refractivity contribution is 5.75. The molecule has 11 heteroatoms. The van der Waals surface area contributed by atoms with Gasteiger partial charge in [-0.25, -0.2) is 18.0 Å². The molecule has 37 heavy (non-hydrogen) atoms. The lowest BCUT2D eigenvalue weighted by molar-refractivity contribution is 0.152. The highest BCUT2D eigenvalue weighted by Crippen LogP contribution is 2.38. The van der Waals surface area contributed by atoms with Crippen molar-refractivity contribution in [1.29, 1.82) is 0 Å². The van der Waals surface area contributed by atoms with Gasteiger partial charge in [-0.1, -0.05) is 26.7 Å². The Kier molecular flexibility index (Phi) is 8.09. The zero-order valence-electron chi connectivity index (χ0n) is 21.7. The Morgan fingerprint density at radius 3 is 2.51 bits per heavy atom. The quantitative estimate of drug-likeness (QED) is 0.368. The monoisotopic (exact) mass is 517 g/mol. The van der Waals surface area contributed by atoms with Crippen molar-refractivity contribution in [3.8, 4) is 11.1 Å². The summed E-state index contributed by atoms with van der Waals surface area (Å²) in [7, 11) is 3.24. The van der Waals surface area contributed by atoms with E-state index in [1.54, 1.807) is 25.2 Å². The number of urea groups is 1. The summed E-state index contributed by atoms with van der Waals surface area (Å²) in [5.41, 5.74) is 1.89. The SMILES string of the molecule is CCCC(CCC)n1nc(Nc2cc(C(F)F)c(-c3cnn(C)c3)cc2F)c2c1CCN(C(=O)NC)C2. The van der Waals surface area contributed by atoms with Crippen LogP contribution in [0.4, 0.5) is 29.5 Å². The number of carbonyl (C=O) groups excluding carboxylic acids is 1. The van der Waals surface area contributed by atoms with Gasteiger partial charge >= 0.3 is 6.03 Å². The van der Waals surface area contributed by atoms with Gasteiger partial charge in [-0.3, -0.25) is 9.36 Å². The Morgan fingerprint density at radius 1 is 1.19 bits per heavy atom. The zero-order chi connectivity index (χ0) is 26.7. The van der Waals surface area contributed by atoms with E-state index in [0.29, 0.717) is 30.9 Å². The molecule has 0 saturated heterocycles. The lowest BCUT2D eigenvalue weighted by Crippen LogP contribution is -2.41. The molecule has 2 aromatic heterocycles. The number of benzene rings is 1.